The first-order valence-corrected chi connectivity index (χ1v) is 10.2. The molecule has 5 nitrogen and oxygen atoms in total. The summed E-state index contributed by atoms with van der Waals surface area (Å²) in [6.07, 6.45) is 3.84. The Kier molecular flexibility index (Phi) is 5.04. The van der Waals surface area contributed by atoms with Gasteiger partial charge in [0.05, 0.1) is 17.9 Å². The molecule has 1 aliphatic carbocycles. The number of carbonyl (C=O) groups is 1. The van der Waals surface area contributed by atoms with Crippen molar-refractivity contribution in [3.05, 3.63) is 52.2 Å². The molecular formula is C21H21N3O2S. The molecule has 0 radical (unpaired) electrons. The van der Waals surface area contributed by atoms with E-state index in [1.165, 1.54) is 22.9 Å². The summed E-state index contributed by atoms with van der Waals surface area (Å²) in [5, 5.41) is 13.1. The fourth-order valence-electron chi connectivity index (χ4n) is 3.76. The Morgan fingerprint density at radius 1 is 1.41 bits per heavy atom. The number of hydrogen-bond donors (Lipinski definition) is 1. The number of ether oxygens (including phenoxy) is 1. The molecular weight excluding hydrogens is 358 g/mol. The van der Waals surface area contributed by atoms with Crippen molar-refractivity contribution in [1.29, 1.82) is 5.26 Å². The van der Waals surface area contributed by atoms with Gasteiger partial charge >= 0.3 is 0 Å². The number of benzene rings is 1. The van der Waals surface area contributed by atoms with E-state index in [-0.39, 0.29) is 17.8 Å². The highest BCUT2D eigenvalue weighted by Crippen LogP contribution is 2.31. The topological polar surface area (TPSA) is 75.0 Å². The van der Waals surface area contributed by atoms with Gasteiger partial charge in [0.15, 0.2) is 0 Å². The van der Waals surface area contributed by atoms with Gasteiger partial charge in [-0.15, -0.1) is 0 Å². The van der Waals surface area contributed by atoms with Crippen LogP contribution in [0.4, 0.5) is 0 Å². The van der Waals surface area contributed by atoms with Crippen LogP contribution in [0.2, 0.25) is 0 Å². The van der Waals surface area contributed by atoms with Gasteiger partial charge in [0.2, 0.25) is 5.91 Å². The molecule has 27 heavy (non-hydrogen) atoms. The van der Waals surface area contributed by atoms with Crippen LogP contribution < -0.4 is 10.1 Å². The van der Waals surface area contributed by atoms with Crippen LogP contribution in [0.5, 0.6) is 5.75 Å². The molecule has 1 aromatic heterocycles. The molecule has 1 aliphatic heterocycles. The summed E-state index contributed by atoms with van der Waals surface area (Å²) < 4.78 is 5.85. The number of nitrogens with zero attached hydrogens (tertiary/aromatic N) is 2. The molecule has 0 saturated heterocycles. The monoisotopic (exact) mass is 379 g/mol. The van der Waals surface area contributed by atoms with Gasteiger partial charge in [-0.2, -0.15) is 5.26 Å². The average molecular weight is 379 g/mol. The molecule has 138 valence electrons. The molecule has 1 amide bonds. The first-order valence-electron chi connectivity index (χ1n) is 9.22. The van der Waals surface area contributed by atoms with Gasteiger partial charge in [-0.25, -0.2) is 4.98 Å². The number of pyridine rings is 1. The minimum absolute atomic E-state index is 0.0219. The Labute approximate surface area is 163 Å². The van der Waals surface area contributed by atoms with E-state index in [9.17, 15) is 10.1 Å². The minimum atomic E-state index is -0.0663. The lowest BCUT2D eigenvalue weighted by molar-refractivity contribution is -0.118. The van der Waals surface area contributed by atoms with Crippen LogP contribution in [0.15, 0.2) is 29.3 Å². The van der Waals surface area contributed by atoms with Crippen molar-refractivity contribution < 1.29 is 9.53 Å². The zero-order chi connectivity index (χ0) is 18.8. The van der Waals surface area contributed by atoms with Crippen LogP contribution in [-0.2, 0) is 24.1 Å². The van der Waals surface area contributed by atoms with Gasteiger partial charge in [-0.05, 0) is 48.9 Å². The van der Waals surface area contributed by atoms with Crippen LogP contribution in [0, 0.1) is 18.3 Å². The molecule has 1 N–H and O–H groups in total. The van der Waals surface area contributed by atoms with Crippen LogP contribution in [0.1, 0.15) is 34.4 Å². The van der Waals surface area contributed by atoms with E-state index in [0.29, 0.717) is 17.1 Å². The lowest BCUT2D eigenvalue weighted by atomic mass is 10.0. The fourth-order valence-corrected chi connectivity index (χ4v) is 4.65. The lowest BCUT2D eigenvalue weighted by Crippen LogP contribution is -2.35. The minimum Gasteiger partial charge on any atom is -0.488 e. The van der Waals surface area contributed by atoms with Crippen molar-refractivity contribution in [2.45, 2.75) is 43.7 Å². The lowest BCUT2D eigenvalue weighted by Gasteiger charge is -2.13. The van der Waals surface area contributed by atoms with Gasteiger partial charge in [0.1, 0.15) is 22.9 Å². The maximum absolute atomic E-state index is 12.3. The number of nitriles is 1. The van der Waals surface area contributed by atoms with E-state index in [1.54, 1.807) is 0 Å². The Hall–Kier alpha value is -2.52. The van der Waals surface area contributed by atoms with Crippen molar-refractivity contribution in [1.82, 2.24) is 10.3 Å². The van der Waals surface area contributed by atoms with Crippen molar-refractivity contribution >= 4 is 17.7 Å². The Balaban J connectivity index is 1.33. The number of para-hydroxylation sites is 1. The number of amides is 1. The third kappa shape index (κ3) is 3.65. The van der Waals surface area contributed by atoms with E-state index in [0.717, 1.165) is 42.7 Å². The summed E-state index contributed by atoms with van der Waals surface area (Å²) >= 11 is 1.34. The molecule has 0 fully saturated rings. The molecule has 1 aromatic carbocycles. The Morgan fingerprint density at radius 2 is 2.26 bits per heavy atom. The first-order chi connectivity index (χ1) is 13.2. The molecule has 1 atom stereocenters. The van der Waals surface area contributed by atoms with Crippen LogP contribution in [0.25, 0.3) is 0 Å². The maximum atomic E-state index is 12.3. The molecule has 2 aliphatic rings. The molecule has 4 rings (SSSR count). The highest BCUT2D eigenvalue weighted by Gasteiger charge is 2.24. The van der Waals surface area contributed by atoms with E-state index in [2.05, 4.69) is 22.4 Å². The van der Waals surface area contributed by atoms with Crippen LogP contribution >= 0.6 is 11.8 Å². The quantitative estimate of drug-likeness (QED) is 0.809. The van der Waals surface area contributed by atoms with Crippen molar-refractivity contribution in [2.75, 3.05) is 12.3 Å². The summed E-state index contributed by atoms with van der Waals surface area (Å²) in [5.74, 6) is 1.09. The Morgan fingerprint density at radius 3 is 3.07 bits per heavy atom. The molecule has 0 spiro atoms. The largest absolute Gasteiger partial charge is 0.488 e. The summed E-state index contributed by atoms with van der Waals surface area (Å²) in [6.45, 7) is 2.47. The summed E-state index contributed by atoms with van der Waals surface area (Å²) in [5.41, 5.74) is 5.13. The van der Waals surface area contributed by atoms with E-state index < -0.39 is 0 Å². The highest BCUT2D eigenvalue weighted by atomic mass is 32.2. The average Bonchev–Trinajstić information content (AvgIpc) is 3.31. The van der Waals surface area contributed by atoms with Crippen LogP contribution in [0.3, 0.4) is 0 Å². The highest BCUT2D eigenvalue weighted by molar-refractivity contribution is 8.00. The summed E-state index contributed by atoms with van der Waals surface area (Å²) in [7, 11) is 0. The Bertz CT molecular complexity index is 911. The normalized spacial score (nSPS) is 17.0. The third-order valence-electron chi connectivity index (χ3n) is 5.16. The molecule has 1 unspecified atom stereocenters. The molecule has 2 aromatic rings. The second kappa shape index (κ2) is 7.61. The SMILES string of the molecule is Cc1c(C#N)c(SCC(=O)NCC2Cc3ccccc3O2)nc2c1CCC2. The number of rotatable bonds is 5. The van der Waals surface area contributed by atoms with Gasteiger partial charge in [-0.1, -0.05) is 30.0 Å². The number of fused-ring (bicyclic) bond motifs is 2. The van der Waals surface area contributed by atoms with Crippen molar-refractivity contribution in [2.24, 2.45) is 0 Å². The smallest absolute Gasteiger partial charge is 0.230 e. The first kappa shape index (κ1) is 17.9. The predicted octanol–water partition coefficient (Wildman–Crippen LogP) is 2.96. The number of thioether (sulfide) groups is 1. The zero-order valence-corrected chi connectivity index (χ0v) is 16.1. The van der Waals surface area contributed by atoms with Crippen LogP contribution in [-0.4, -0.2) is 29.3 Å². The predicted molar refractivity (Wildman–Crippen MR) is 104 cm³/mol. The van der Waals surface area contributed by atoms with Gasteiger partial charge in [0.25, 0.3) is 0 Å². The number of aromatic nitrogens is 1. The second-order valence-corrected chi connectivity index (χ2v) is 7.92. The van der Waals surface area contributed by atoms with Crippen molar-refractivity contribution in [3.63, 3.8) is 0 Å². The van der Waals surface area contributed by atoms with Crippen molar-refractivity contribution in [3.8, 4) is 11.8 Å². The van der Waals surface area contributed by atoms with E-state index in [4.69, 9.17) is 4.74 Å². The third-order valence-corrected chi connectivity index (χ3v) is 6.13. The number of aryl methyl sites for hydroxylation is 1. The van der Waals surface area contributed by atoms with E-state index in [1.807, 2.05) is 25.1 Å². The molecule has 6 heteroatoms. The standard InChI is InChI=1S/C21H21N3O2S/c1-13-16-6-4-7-18(16)24-21(17(13)10-22)27-12-20(25)23-11-15-9-14-5-2-3-8-19(14)26-15/h2-3,5,8,15H,4,6-7,9,11-12H2,1H3,(H,23,25). The molecule has 0 saturated carbocycles. The van der Waals surface area contributed by atoms with Gasteiger partial charge in [0, 0.05) is 12.1 Å². The fraction of sp³-hybridized carbons (Fsp3) is 0.381. The maximum Gasteiger partial charge on any atom is 0.230 e. The number of nitrogens with one attached hydrogen (secondary N) is 1. The van der Waals surface area contributed by atoms with E-state index >= 15 is 0 Å². The van der Waals surface area contributed by atoms with Gasteiger partial charge < -0.3 is 10.1 Å². The zero-order valence-electron chi connectivity index (χ0n) is 15.2. The number of carbonyl (C=O) groups excluding carboxylic acids is 1. The second-order valence-electron chi connectivity index (χ2n) is 6.95. The number of hydrogen-bond acceptors (Lipinski definition) is 5. The molecule has 0 bridgehead atoms. The van der Waals surface area contributed by atoms with Gasteiger partial charge in [-0.3, -0.25) is 4.79 Å². The summed E-state index contributed by atoms with van der Waals surface area (Å²) in [4.78, 5) is 16.9. The molecule has 2 heterocycles. The summed E-state index contributed by atoms with van der Waals surface area (Å²) in [6, 6.07) is 10.2.